The zero-order valence-corrected chi connectivity index (χ0v) is 37.8. The summed E-state index contributed by atoms with van der Waals surface area (Å²) in [7, 11) is 5.52. The molecular weight excluding hydrogens is 761 g/mol. The minimum Gasteiger partial charge on any atom is -0.481 e. The number of carbonyl (C=O) groups is 4. The SMILES string of the molecule is CC(SSC(C)C(=O)OC1CC[C@]2(C)C3=C(CC[C@H]2C1(C)C)[C@]1(C)CC[C@H]([C@H](C)CCCC(C)(C)OC(=O)CCSSCCC(=O)O)[C@@]1(C)CC3)C(=O)O. The Morgan fingerprint density at radius 2 is 1.48 bits per heavy atom. The lowest BCUT2D eigenvalue weighted by atomic mass is 9.43. The average Bonchev–Trinajstić information content (AvgIpc) is 3.36. The maximum absolute atomic E-state index is 13.2. The van der Waals surface area contributed by atoms with Crippen LogP contribution in [-0.2, 0) is 28.7 Å². The highest BCUT2D eigenvalue weighted by Crippen LogP contribution is 2.72. The molecule has 0 heterocycles. The van der Waals surface area contributed by atoms with E-state index in [0.29, 0.717) is 35.7 Å². The number of fused-ring (bicyclic) bond motifs is 4. The van der Waals surface area contributed by atoms with Crippen molar-refractivity contribution in [3.8, 4) is 0 Å². The van der Waals surface area contributed by atoms with Gasteiger partial charge in [-0.2, -0.15) is 0 Å². The summed E-state index contributed by atoms with van der Waals surface area (Å²) in [5, 5.41) is 17.0. The average molecular weight is 829 g/mol. The first-order valence-corrected chi connectivity index (χ1v) is 25.0. The van der Waals surface area contributed by atoms with Crippen molar-refractivity contribution in [2.24, 2.45) is 39.4 Å². The number of carboxylic acids is 2. The van der Waals surface area contributed by atoms with Crippen molar-refractivity contribution in [2.45, 2.75) is 175 Å². The molecule has 0 saturated heterocycles. The zero-order chi connectivity index (χ0) is 40.3. The second-order valence-electron chi connectivity index (χ2n) is 18.6. The van der Waals surface area contributed by atoms with Gasteiger partial charge in [-0.25, -0.2) is 0 Å². The Bertz CT molecular complexity index is 1410. The minimum absolute atomic E-state index is 0.0993. The van der Waals surface area contributed by atoms with Gasteiger partial charge in [0.2, 0.25) is 0 Å². The van der Waals surface area contributed by atoms with Crippen LogP contribution in [-0.4, -0.2) is 67.8 Å². The van der Waals surface area contributed by atoms with E-state index in [1.165, 1.54) is 62.4 Å². The van der Waals surface area contributed by atoms with Gasteiger partial charge in [0.1, 0.15) is 22.2 Å². The molecule has 2 saturated carbocycles. The van der Waals surface area contributed by atoms with Crippen LogP contribution in [0, 0.1) is 39.4 Å². The lowest BCUT2D eigenvalue weighted by molar-refractivity contribution is -0.168. The molecule has 12 heteroatoms. The predicted molar refractivity (Wildman–Crippen MR) is 226 cm³/mol. The van der Waals surface area contributed by atoms with Crippen molar-refractivity contribution in [2.75, 3.05) is 11.5 Å². The monoisotopic (exact) mass is 828 g/mol. The Kier molecular flexibility index (Phi) is 15.5. The molecule has 9 atom stereocenters. The van der Waals surface area contributed by atoms with Crippen molar-refractivity contribution < 1.29 is 38.9 Å². The second kappa shape index (κ2) is 18.3. The maximum atomic E-state index is 13.2. The van der Waals surface area contributed by atoms with E-state index in [1.54, 1.807) is 18.1 Å². The van der Waals surface area contributed by atoms with Crippen LogP contribution in [0.25, 0.3) is 0 Å². The molecule has 0 spiro atoms. The molecular formula is C42H68O8S4. The third-order valence-corrected chi connectivity index (χ3v) is 20.0. The van der Waals surface area contributed by atoms with Crippen molar-refractivity contribution in [1.29, 1.82) is 0 Å². The molecule has 308 valence electrons. The zero-order valence-electron chi connectivity index (χ0n) is 34.5. The molecule has 2 N–H and O–H groups in total. The van der Waals surface area contributed by atoms with Crippen LogP contribution in [0.5, 0.6) is 0 Å². The number of esters is 2. The normalized spacial score (nSPS) is 32.1. The van der Waals surface area contributed by atoms with E-state index in [2.05, 4.69) is 41.5 Å². The Morgan fingerprint density at radius 1 is 0.833 bits per heavy atom. The highest BCUT2D eigenvalue weighted by Gasteiger charge is 2.63. The van der Waals surface area contributed by atoms with Gasteiger partial charge in [-0.05, 0) is 126 Å². The first-order valence-electron chi connectivity index (χ1n) is 20.3. The molecule has 0 bridgehead atoms. The fraction of sp³-hybridized carbons (Fsp3) is 0.857. The smallest absolute Gasteiger partial charge is 0.319 e. The molecule has 4 rings (SSSR count). The number of carboxylic acid groups (broad SMARTS) is 2. The molecule has 3 unspecified atom stereocenters. The topological polar surface area (TPSA) is 127 Å². The van der Waals surface area contributed by atoms with Crippen LogP contribution in [0.2, 0.25) is 0 Å². The third kappa shape index (κ3) is 9.99. The highest BCUT2D eigenvalue weighted by atomic mass is 33.1. The van der Waals surface area contributed by atoms with Gasteiger partial charge in [0.05, 0.1) is 12.8 Å². The van der Waals surface area contributed by atoms with E-state index >= 15 is 0 Å². The van der Waals surface area contributed by atoms with Crippen molar-refractivity contribution in [3.05, 3.63) is 11.1 Å². The van der Waals surface area contributed by atoms with E-state index < -0.39 is 28.0 Å². The Balaban J connectivity index is 1.34. The minimum atomic E-state index is -0.876. The van der Waals surface area contributed by atoms with Crippen molar-refractivity contribution in [3.63, 3.8) is 0 Å². The predicted octanol–water partition coefficient (Wildman–Crippen LogP) is 11.3. The van der Waals surface area contributed by atoms with Crippen LogP contribution in [0.15, 0.2) is 11.1 Å². The van der Waals surface area contributed by atoms with Crippen LogP contribution in [0.3, 0.4) is 0 Å². The van der Waals surface area contributed by atoms with Crippen LogP contribution < -0.4 is 0 Å². The summed E-state index contributed by atoms with van der Waals surface area (Å²) < 4.78 is 12.2. The molecule has 0 aromatic heterocycles. The Labute approximate surface area is 341 Å². The molecule has 0 radical (unpaired) electrons. The summed E-state index contributed by atoms with van der Waals surface area (Å²) in [5.41, 5.74) is 3.34. The molecule has 2 fully saturated rings. The number of hydrogen-bond donors (Lipinski definition) is 2. The van der Waals surface area contributed by atoms with Gasteiger partial charge in [0.15, 0.2) is 0 Å². The van der Waals surface area contributed by atoms with E-state index in [-0.39, 0.29) is 46.1 Å². The summed E-state index contributed by atoms with van der Waals surface area (Å²) >= 11 is 0. The van der Waals surface area contributed by atoms with E-state index in [1.807, 2.05) is 20.8 Å². The second-order valence-corrected chi connectivity index (χ2v) is 24.3. The molecule has 0 amide bonds. The number of rotatable bonds is 19. The fourth-order valence-corrected chi connectivity index (χ4v) is 15.1. The molecule has 8 nitrogen and oxygen atoms in total. The molecule has 0 aliphatic heterocycles. The standard InChI is InChI=1S/C42H68O8S4/c1-26(12-11-20-38(4,5)50-35(45)19-25-52-51-24-18-34(43)44)29-15-22-42(10)31-13-14-32-39(6,7)33(49-37(48)28(3)54-53-27(2)36(46)47)17-21-40(32,8)30(31)16-23-41(29,42)9/h26-29,32-33H,11-25H2,1-10H3,(H,43,44)(H,46,47)/t26-,27?,28?,29-,32+,33?,40-,41-,42+/m1/s1. The van der Waals surface area contributed by atoms with Gasteiger partial charge in [0, 0.05) is 16.9 Å². The van der Waals surface area contributed by atoms with Crippen LogP contribution >= 0.6 is 43.2 Å². The number of allylic oxidation sites excluding steroid dienone is 2. The van der Waals surface area contributed by atoms with Gasteiger partial charge < -0.3 is 19.7 Å². The molecule has 0 aromatic rings. The van der Waals surface area contributed by atoms with Crippen molar-refractivity contribution in [1.82, 2.24) is 0 Å². The lowest BCUT2D eigenvalue weighted by Crippen LogP contribution is -2.56. The first-order chi connectivity index (χ1) is 25.1. The van der Waals surface area contributed by atoms with Gasteiger partial charge in [-0.3, -0.25) is 19.2 Å². The largest absolute Gasteiger partial charge is 0.481 e. The maximum Gasteiger partial charge on any atom is 0.319 e. The molecule has 4 aliphatic carbocycles. The highest BCUT2D eigenvalue weighted by molar-refractivity contribution is 8.77. The van der Waals surface area contributed by atoms with E-state index in [9.17, 15) is 24.3 Å². The fourth-order valence-electron chi connectivity index (χ4n) is 11.1. The van der Waals surface area contributed by atoms with Crippen LogP contribution in [0.4, 0.5) is 0 Å². The molecule has 54 heavy (non-hydrogen) atoms. The number of ether oxygens (including phenoxy) is 2. The van der Waals surface area contributed by atoms with Gasteiger partial charge in [0.25, 0.3) is 0 Å². The third-order valence-electron chi connectivity index (χ3n) is 14.4. The molecule has 4 aliphatic rings. The van der Waals surface area contributed by atoms with Gasteiger partial charge in [-0.15, -0.1) is 0 Å². The lowest BCUT2D eigenvalue weighted by Gasteiger charge is -2.62. The molecule has 0 aromatic carbocycles. The van der Waals surface area contributed by atoms with Crippen molar-refractivity contribution >= 4 is 67.1 Å². The number of aliphatic carboxylic acids is 2. The number of carbonyl (C=O) groups excluding carboxylic acids is 2. The summed E-state index contributed by atoms with van der Waals surface area (Å²) in [6.45, 7) is 22.3. The summed E-state index contributed by atoms with van der Waals surface area (Å²) in [5.74, 6) is 0.744. The summed E-state index contributed by atoms with van der Waals surface area (Å²) in [6.07, 6.45) is 12.3. The van der Waals surface area contributed by atoms with E-state index in [4.69, 9.17) is 14.6 Å². The summed E-state index contributed by atoms with van der Waals surface area (Å²) in [4.78, 5) is 47.7. The quantitative estimate of drug-likeness (QED) is 0.0557. The van der Waals surface area contributed by atoms with E-state index in [0.717, 1.165) is 51.4 Å². The van der Waals surface area contributed by atoms with Gasteiger partial charge >= 0.3 is 23.9 Å². The van der Waals surface area contributed by atoms with Gasteiger partial charge in [-0.1, -0.05) is 102 Å². The first kappa shape index (κ1) is 45.7. The van der Waals surface area contributed by atoms with Crippen LogP contribution in [0.1, 0.15) is 153 Å². The Morgan fingerprint density at radius 3 is 2.13 bits per heavy atom. The number of hydrogen-bond acceptors (Lipinski definition) is 10. The Hall–Kier alpha value is -0.980. The summed E-state index contributed by atoms with van der Waals surface area (Å²) in [6, 6.07) is 0.